The van der Waals surface area contributed by atoms with E-state index in [1.165, 1.54) is 0 Å². The summed E-state index contributed by atoms with van der Waals surface area (Å²) in [5.74, 6) is 1.52. The summed E-state index contributed by atoms with van der Waals surface area (Å²) in [5.41, 5.74) is 3.04. The average molecular weight is 495 g/mol. The van der Waals surface area contributed by atoms with E-state index in [0.717, 1.165) is 24.8 Å². The Labute approximate surface area is 214 Å². The highest BCUT2D eigenvalue weighted by Crippen LogP contribution is 2.34. The van der Waals surface area contributed by atoms with Crippen LogP contribution < -0.4 is 19.5 Å². The Morgan fingerprint density at radius 2 is 1.78 bits per heavy atom. The summed E-state index contributed by atoms with van der Waals surface area (Å²) in [4.78, 5) is 13.4. The highest BCUT2D eigenvalue weighted by molar-refractivity contribution is 6.04. The standard InChI is InChI=1S/C28H38N4O4/c1-9-11-20(10-2)36-24-14-12-19(28(4,5)6)16-22(24)29-27(33)26-18(3)32(31-30-26)23-17-21(34-7)13-15-25(23)35-8/h12-17,20H,9-11H2,1-8H3,(H,29,33)/t20-/m0/s1. The molecule has 1 heterocycles. The number of carbonyl (C=O) groups is 1. The molecule has 1 atom stereocenters. The number of anilines is 1. The number of hydrogen-bond donors (Lipinski definition) is 1. The molecule has 8 nitrogen and oxygen atoms in total. The molecule has 2 aromatic carbocycles. The van der Waals surface area contributed by atoms with Gasteiger partial charge >= 0.3 is 0 Å². The number of methoxy groups -OCH3 is 2. The summed E-state index contributed by atoms with van der Waals surface area (Å²) >= 11 is 0. The van der Waals surface area contributed by atoms with Gasteiger partial charge < -0.3 is 19.5 Å². The summed E-state index contributed by atoms with van der Waals surface area (Å²) < 4.78 is 18.7. The van der Waals surface area contributed by atoms with Crippen LogP contribution in [0.5, 0.6) is 17.2 Å². The Balaban J connectivity index is 1.97. The molecule has 0 saturated heterocycles. The minimum absolute atomic E-state index is 0.0780. The Morgan fingerprint density at radius 1 is 1.06 bits per heavy atom. The second-order valence-corrected chi connectivity index (χ2v) is 9.82. The fourth-order valence-electron chi connectivity index (χ4n) is 3.96. The molecule has 1 aromatic heterocycles. The topological polar surface area (TPSA) is 87.5 Å². The molecule has 1 N–H and O–H groups in total. The fraction of sp³-hybridized carbons (Fsp3) is 0.464. The van der Waals surface area contributed by atoms with Crippen LogP contribution in [0.4, 0.5) is 5.69 Å². The van der Waals surface area contributed by atoms with Gasteiger partial charge in [0.05, 0.1) is 31.7 Å². The summed E-state index contributed by atoms with van der Waals surface area (Å²) in [6.45, 7) is 12.5. The maximum Gasteiger partial charge on any atom is 0.278 e. The van der Waals surface area contributed by atoms with Crippen molar-refractivity contribution in [3.63, 3.8) is 0 Å². The van der Waals surface area contributed by atoms with Crippen LogP contribution in [0, 0.1) is 6.92 Å². The molecule has 0 unspecified atom stereocenters. The number of ether oxygens (including phenoxy) is 3. The SMILES string of the molecule is CCC[C@H](CC)Oc1ccc(C(C)(C)C)cc1NC(=O)c1nnn(-c2cc(OC)ccc2OC)c1C. The number of amides is 1. The van der Waals surface area contributed by atoms with E-state index in [2.05, 4.69) is 56.3 Å². The predicted molar refractivity (Wildman–Crippen MR) is 142 cm³/mol. The fourth-order valence-corrected chi connectivity index (χ4v) is 3.96. The lowest BCUT2D eigenvalue weighted by Crippen LogP contribution is -2.20. The predicted octanol–water partition coefficient (Wildman–Crippen LogP) is 6.10. The van der Waals surface area contributed by atoms with Crippen molar-refractivity contribution in [3.8, 4) is 22.9 Å². The number of aromatic nitrogens is 3. The molecule has 3 rings (SSSR count). The van der Waals surface area contributed by atoms with Crippen LogP contribution in [0.25, 0.3) is 5.69 Å². The van der Waals surface area contributed by atoms with E-state index >= 15 is 0 Å². The van der Waals surface area contributed by atoms with E-state index in [-0.39, 0.29) is 23.1 Å². The summed E-state index contributed by atoms with van der Waals surface area (Å²) in [6, 6.07) is 11.4. The lowest BCUT2D eigenvalue weighted by molar-refractivity contribution is 0.102. The molecule has 1 amide bonds. The van der Waals surface area contributed by atoms with Crippen LogP contribution in [0.1, 0.15) is 75.6 Å². The molecule has 0 aliphatic carbocycles. The maximum atomic E-state index is 13.4. The molecule has 0 bridgehead atoms. The summed E-state index contributed by atoms with van der Waals surface area (Å²) in [5, 5.41) is 11.5. The third-order valence-electron chi connectivity index (χ3n) is 6.18. The normalized spacial score (nSPS) is 12.2. The van der Waals surface area contributed by atoms with Gasteiger partial charge in [-0.2, -0.15) is 0 Å². The van der Waals surface area contributed by atoms with Crippen molar-refractivity contribution in [1.82, 2.24) is 15.0 Å². The van der Waals surface area contributed by atoms with Gasteiger partial charge in [-0.1, -0.05) is 52.3 Å². The molecule has 0 radical (unpaired) electrons. The van der Waals surface area contributed by atoms with Crippen LogP contribution in [-0.2, 0) is 5.41 Å². The first-order chi connectivity index (χ1) is 17.1. The van der Waals surface area contributed by atoms with Gasteiger partial charge in [0.15, 0.2) is 5.69 Å². The Bertz CT molecular complexity index is 1200. The van der Waals surface area contributed by atoms with Crippen molar-refractivity contribution in [2.45, 2.75) is 72.3 Å². The number of carbonyl (C=O) groups excluding carboxylic acids is 1. The van der Waals surface area contributed by atoms with Crippen LogP contribution in [0.2, 0.25) is 0 Å². The van der Waals surface area contributed by atoms with Gasteiger partial charge in [0.25, 0.3) is 5.91 Å². The molecule has 0 saturated carbocycles. The van der Waals surface area contributed by atoms with E-state index in [1.807, 2.05) is 12.1 Å². The lowest BCUT2D eigenvalue weighted by Gasteiger charge is -2.24. The summed E-state index contributed by atoms with van der Waals surface area (Å²) in [7, 11) is 3.17. The third-order valence-corrected chi connectivity index (χ3v) is 6.18. The molecule has 0 spiro atoms. The highest BCUT2D eigenvalue weighted by atomic mass is 16.5. The van der Waals surface area contributed by atoms with Crippen LogP contribution in [-0.4, -0.2) is 41.2 Å². The van der Waals surface area contributed by atoms with Gasteiger partial charge in [0.1, 0.15) is 22.9 Å². The molecule has 3 aromatic rings. The van der Waals surface area contributed by atoms with Crippen molar-refractivity contribution < 1.29 is 19.0 Å². The summed E-state index contributed by atoms with van der Waals surface area (Å²) in [6.07, 6.45) is 2.93. The van der Waals surface area contributed by atoms with Crippen molar-refractivity contribution in [2.75, 3.05) is 19.5 Å². The zero-order valence-electron chi connectivity index (χ0n) is 22.6. The van der Waals surface area contributed by atoms with Gasteiger partial charge in [0, 0.05) is 6.07 Å². The van der Waals surface area contributed by atoms with Gasteiger partial charge in [-0.3, -0.25) is 4.79 Å². The van der Waals surface area contributed by atoms with E-state index in [4.69, 9.17) is 14.2 Å². The van der Waals surface area contributed by atoms with E-state index in [9.17, 15) is 4.79 Å². The first-order valence-corrected chi connectivity index (χ1v) is 12.4. The molecular formula is C28H38N4O4. The van der Waals surface area contributed by atoms with E-state index < -0.39 is 0 Å². The first kappa shape index (κ1) is 27.0. The molecule has 194 valence electrons. The van der Waals surface area contributed by atoms with Crippen molar-refractivity contribution in [3.05, 3.63) is 53.3 Å². The van der Waals surface area contributed by atoms with Gasteiger partial charge in [-0.05, 0) is 55.0 Å². The Hall–Kier alpha value is -3.55. The number of rotatable bonds is 10. The molecule has 0 fully saturated rings. The Kier molecular flexibility index (Phi) is 8.61. The zero-order valence-corrected chi connectivity index (χ0v) is 22.6. The minimum Gasteiger partial charge on any atom is -0.497 e. The molecule has 0 aliphatic heterocycles. The van der Waals surface area contributed by atoms with Gasteiger partial charge in [-0.25, -0.2) is 4.68 Å². The van der Waals surface area contributed by atoms with E-state index in [1.54, 1.807) is 44.0 Å². The second kappa shape index (κ2) is 11.5. The number of nitrogens with zero attached hydrogens (tertiary/aromatic N) is 3. The van der Waals surface area contributed by atoms with Crippen LogP contribution in [0.15, 0.2) is 36.4 Å². The smallest absolute Gasteiger partial charge is 0.278 e. The number of hydrogen-bond acceptors (Lipinski definition) is 6. The Morgan fingerprint density at radius 3 is 2.39 bits per heavy atom. The lowest BCUT2D eigenvalue weighted by atomic mass is 9.87. The highest BCUT2D eigenvalue weighted by Gasteiger charge is 2.23. The zero-order chi connectivity index (χ0) is 26.5. The first-order valence-electron chi connectivity index (χ1n) is 12.4. The maximum absolute atomic E-state index is 13.4. The van der Waals surface area contributed by atoms with Gasteiger partial charge in [-0.15, -0.1) is 5.10 Å². The minimum atomic E-state index is -0.361. The molecule has 0 aliphatic rings. The van der Waals surface area contributed by atoms with Crippen molar-refractivity contribution in [1.29, 1.82) is 0 Å². The second-order valence-electron chi connectivity index (χ2n) is 9.82. The molecule has 8 heteroatoms. The average Bonchev–Trinajstić information content (AvgIpc) is 3.24. The third kappa shape index (κ3) is 5.98. The molecular weight excluding hydrogens is 456 g/mol. The molecule has 36 heavy (non-hydrogen) atoms. The van der Waals surface area contributed by atoms with E-state index in [0.29, 0.717) is 34.3 Å². The van der Waals surface area contributed by atoms with Crippen LogP contribution in [0.3, 0.4) is 0 Å². The number of nitrogens with one attached hydrogen (secondary N) is 1. The van der Waals surface area contributed by atoms with Crippen LogP contribution >= 0.6 is 0 Å². The quantitative estimate of drug-likeness (QED) is 0.366. The van der Waals surface area contributed by atoms with Crippen molar-refractivity contribution in [2.24, 2.45) is 0 Å². The van der Waals surface area contributed by atoms with Crippen molar-refractivity contribution >= 4 is 11.6 Å². The largest absolute Gasteiger partial charge is 0.497 e. The number of benzene rings is 2. The van der Waals surface area contributed by atoms with Gasteiger partial charge in [0.2, 0.25) is 0 Å². The monoisotopic (exact) mass is 494 g/mol.